The summed E-state index contributed by atoms with van der Waals surface area (Å²) in [4.78, 5) is 38.9. The number of carbonyl (C=O) groups excluding carboxylic acids is 3. The molecule has 0 aliphatic carbocycles. The highest BCUT2D eigenvalue weighted by Crippen LogP contribution is 2.28. The van der Waals surface area contributed by atoms with Gasteiger partial charge < -0.3 is 19.2 Å². The molecule has 0 amide bonds. The van der Waals surface area contributed by atoms with Crippen molar-refractivity contribution in [2.45, 2.75) is 27.7 Å². The molecule has 7 nitrogen and oxygen atoms in total. The Kier molecular flexibility index (Phi) is 7.36. The largest absolute Gasteiger partial charge is 0.493 e. The Morgan fingerprint density at radius 3 is 2.45 bits per heavy atom. The van der Waals surface area contributed by atoms with E-state index in [0.29, 0.717) is 34.9 Å². The zero-order valence-corrected chi connectivity index (χ0v) is 17.3. The SMILES string of the molecule is CCOc1ccc(/C=C/C(=O)OCC(=O)c2[nH]c(C)c(C(C)=O)c2C)cc1OC. The number of methoxy groups -OCH3 is 1. The number of aromatic amines is 1. The first-order valence-corrected chi connectivity index (χ1v) is 9.17. The lowest BCUT2D eigenvalue weighted by Gasteiger charge is -2.09. The third-order valence-corrected chi connectivity index (χ3v) is 4.31. The van der Waals surface area contributed by atoms with Gasteiger partial charge in [-0.2, -0.15) is 0 Å². The van der Waals surface area contributed by atoms with Crippen LogP contribution in [0.3, 0.4) is 0 Å². The molecule has 29 heavy (non-hydrogen) atoms. The lowest BCUT2D eigenvalue weighted by molar-refractivity contribution is -0.136. The normalized spacial score (nSPS) is 10.8. The van der Waals surface area contributed by atoms with E-state index >= 15 is 0 Å². The van der Waals surface area contributed by atoms with Gasteiger partial charge in [-0.3, -0.25) is 9.59 Å². The molecule has 1 N–H and O–H groups in total. The van der Waals surface area contributed by atoms with Gasteiger partial charge in [0.05, 0.1) is 19.4 Å². The molecule has 0 saturated heterocycles. The lowest BCUT2D eigenvalue weighted by atomic mass is 10.1. The van der Waals surface area contributed by atoms with Gasteiger partial charge in [0, 0.05) is 17.3 Å². The number of Topliss-reactive ketones (excluding diaryl/α,β-unsaturated/α-hetero) is 2. The summed E-state index contributed by atoms with van der Waals surface area (Å²) in [6.45, 7) is 6.82. The standard InChI is InChI=1S/C22H25NO6/c1-6-28-18-9-7-16(11-19(18)27-5)8-10-20(26)29-12-17(25)22-13(2)21(15(4)24)14(3)23-22/h7-11,23H,6,12H2,1-5H3/b10-8+. The number of hydrogen-bond donors (Lipinski definition) is 1. The Bertz CT molecular complexity index is 954. The second-order valence-electron chi connectivity index (χ2n) is 6.39. The van der Waals surface area contributed by atoms with Gasteiger partial charge in [-0.15, -0.1) is 0 Å². The summed E-state index contributed by atoms with van der Waals surface area (Å²) >= 11 is 0. The van der Waals surface area contributed by atoms with Gasteiger partial charge in [0.25, 0.3) is 0 Å². The summed E-state index contributed by atoms with van der Waals surface area (Å²) in [5.74, 6) is -0.0132. The van der Waals surface area contributed by atoms with E-state index in [-0.39, 0.29) is 11.5 Å². The van der Waals surface area contributed by atoms with E-state index in [1.54, 1.807) is 38.1 Å². The Morgan fingerprint density at radius 2 is 1.86 bits per heavy atom. The molecule has 2 rings (SSSR count). The van der Waals surface area contributed by atoms with Gasteiger partial charge in [-0.1, -0.05) is 6.07 Å². The highest BCUT2D eigenvalue weighted by Gasteiger charge is 2.20. The van der Waals surface area contributed by atoms with Crippen molar-refractivity contribution in [3.05, 3.63) is 52.4 Å². The van der Waals surface area contributed by atoms with Crippen LogP contribution in [0.1, 0.15) is 51.5 Å². The summed E-state index contributed by atoms with van der Waals surface area (Å²) in [5.41, 5.74) is 2.67. The van der Waals surface area contributed by atoms with Crippen LogP contribution in [-0.4, -0.2) is 42.8 Å². The molecule has 0 atom stereocenters. The molecule has 0 unspecified atom stereocenters. The van der Waals surface area contributed by atoms with E-state index in [2.05, 4.69) is 4.98 Å². The molecule has 0 bridgehead atoms. The molecule has 0 fully saturated rings. The van der Waals surface area contributed by atoms with Gasteiger partial charge in [-0.05, 0) is 57.0 Å². The van der Waals surface area contributed by atoms with Gasteiger partial charge in [-0.25, -0.2) is 4.79 Å². The molecule has 0 radical (unpaired) electrons. The van der Waals surface area contributed by atoms with Crippen LogP contribution in [0.4, 0.5) is 0 Å². The van der Waals surface area contributed by atoms with Crippen molar-refractivity contribution in [3.63, 3.8) is 0 Å². The minimum Gasteiger partial charge on any atom is -0.493 e. The van der Waals surface area contributed by atoms with Crippen LogP contribution in [0.2, 0.25) is 0 Å². The fourth-order valence-electron chi connectivity index (χ4n) is 3.04. The molecule has 0 aliphatic rings. The number of rotatable bonds is 9. The molecule has 1 aromatic heterocycles. The van der Waals surface area contributed by atoms with Gasteiger partial charge in [0.15, 0.2) is 23.9 Å². The molecular weight excluding hydrogens is 374 g/mol. The molecule has 0 aliphatic heterocycles. The predicted octanol–water partition coefficient (Wildman–Crippen LogP) is 3.68. The van der Waals surface area contributed by atoms with E-state index in [0.717, 1.165) is 5.56 Å². The fraction of sp³-hybridized carbons (Fsp3) is 0.318. The Hall–Kier alpha value is -3.35. The Balaban J connectivity index is 2.00. The van der Waals surface area contributed by atoms with Crippen LogP contribution >= 0.6 is 0 Å². The number of esters is 1. The van der Waals surface area contributed by atoms with Crippen LogP contribution in [-0.2, 0) is 9.53 Å². The second-order valence-corrected chi connectivity index (χ2v) is 6.39. The van der Waals surface area contributed by atoms with Crippen LogP contribution in [0, 0.1) is 13.8 Å². The van der Waals surface area contributed by atoms with E-state index in [1.807, 2.05) is 6.92 Å². The van der Waals surface area contributed by atoms with E-state index in [4.69, 9.17) is 14.2 Å². The maximum absolute atomic E-state index is 12.3. The molecule has 0 saturated carbocycles. The lowest BCUT2D eigenvalue weighted by Crippen LogP contribution is -2.14. The van der Waals surface area contributed by atoms with Crippen LogP contribution in [0.5, 0.6) is 11.5 Å². The number of carbonyl (C=O) groups is 3. The minimum atomic E-state index is -0.654. The Labute approximate surface area is 169 Å². The minimum absolute atomic E-state index is 0.124. The molecular formula is C22H25NO6. The van der Waals surface area contributed by atoms with Crippen molar-refractivity contribution in [1.82, 2.24) is 4.98 Å². The summed E-state index contributed by atoms with van der Waals surface area (Å²) in [7, 11) is 1.53. The maximum Gasteiger partial charge on any atom is 0.331 e. The Morgan fingerprint density at radius 1 is 1.14 bits per heavy atom. The molecule has 2 aromatic rings. The zero-order valence-electron chi connectivity index (χ0n) is 17.3. The maximum atomic E-state index is 12.3. The van der Waals surface area contributed by atoms with Gasteiger partial charge >= 0.3 is 5.97 Å². The fourth-order valence-corrected chi connectivity index (χ4v) is 3.04. The van der Waals surface area contributed by atoms with E-state index in [9.17, 15) is 14.4 Å². The summed E-state index contributed by atoms with van der Waals surface area (Å²) in [6.07, 6.45) is 2.79. The average molecular weight is 399 g/mol. The number of hydrogen-bond acceptors (Lipinski definition) is 6. The van der Waals surface area contributed by atoms with Crippen molar-refractivity contribution >= 4 is 23.6 Å². The van der Waals surface area contributed by atoms with E-state index in [1.165, 1.54) is 20.1 Å². The molecule has 1 heterocycles. The van der Waals surface area contributed by atoms with Crippen molar-refractivity contribution in [2.75, 3.05) is 20.3 Å². The average Bonchev–Trinajstić information content (AvgIpc) is 2.99. The van der Waals surface area contributed by atoms with Gasteiger partial charge in [0.2, 0.25) is 5.78 Å². The molecule has 1 aromatic carbocycles. The quantitative estimate of drug-likeness (QED) is 0.393. The first kappa shape index (κ1) is 21.9. The number of ether oxygens (including phenoxy) is 3. The number of benzene rings is 1. The highest BCUT2D eigenvalue weighted by atomic mass is 16.5. The third kappa shape index (κ3) is 5.34. The molecule has 0 spiro atoms. The van der Waals surface area contributed by atoms with Gasteiger partial charge in [0.1, 0.15) is 0 Å². The van der Waals surface area contributed by atoms with Crippen LogP contribution in [0.15, 0.2) is 24.3 Å². The summed E-state index contributed by atoms with van der Waals surface area (Å²) in [5, 5.41) is 0. The number of H-pyrrole nitrogens is 1. The van der Waals surface area contributed by atoms with Crippen molar-refractivity contribution in [1.29, 1.82) is 0 Å². The monoisotopic (exact) mass is 399 g/mol. The number of aromatic nitrogens is 1. The first-order chi connectivity index (χ1) is 13.8. The summed E-state index contributed by atoms with van der Waals surface area (Å²) < 4.78 is 15.7. The first-order valence-electron chi connectivity index (χ1n) is 9.17. The smallest absolute Gasteiger partial charge is 0.331 e. The third-order valence-electron chi connectivity index (χ3n) is 4.31. The second kappa shape index (κ2) is 9.73. The van der Waals surface area contributed by atoms with Crippen molar-refractivity contribution in [2.24, 2.45) is 0 Å². The number of aryl methyl sites for hydroxylation is 1. The van der Waals surface area contributed by atoms with Crippen molar-refractivity contribution in [3.8, 4) is 11.5 Å². The summed E-state index contributed by atoms with van der Waals surface area (Å²) in [6, 6.07) is 5.25. The van der Waals surface area contributed by atoms with E-state index < -0.39 is 18.4 Å². The number of ketones is 2. The molecule has 7 heteroatoms. The predicted molar refractivity (Wildman–Crippen MR) is 109 cm³/mol. The number of nitrogens with one attached hydrogen (secondary N) is 1. The van der Waals surface area contributed by atoms with Crippen LogP contribution in [0.25, 0.3) is 6.08 Å². The van der Waals surface area contributed by atoms with Crippen LogP contribution < -0.4 is 9.47 Å². The highest BCUT2D eigenvalue weighted by molar-refractivity contribution is 6.04. The topological polar surface area (TPSA) is 94.7 Å². The van der Waals surface area contributed by atoms with Crippen molar-refractivity contribution < 1.29 is 28.6 Å². The zero-order chi connectivity index (χ0) is 21.6. The molecule has 154 valence electrons.